The van der Waals surface area contributed by atoms with Gasteiger partial charge in [-0.05, 0) is 0 Å². The Morgan fingerprint density at radius 2 is 2.00 bits per heavy atom. The zero-order valence-electron chi connectivity index (χ0n) is 7.59. The van der Waals surface area contributed by atoms with Crippen molar-refractivity contribution in [1.82, 2.24) is 0 Å². The van der Waals surface area contributed by atoms with E-state index in [0.717, 1.165) is 6.42 Å². The van der Waals surface area contributed by atoms with E-state index >= 15 is 0 Å². The van der Waals surface area contributed by atoms with Crippen LogP contribution in [0.3, 0.4) is 0 Å². The van der Waals surface area contributed by atoms with Crippen molar-refractivity contribution in [2.45, 2.75) is 27.2 Å². The summed E-state index contributed by atoms with van der Waals surface area (Å²) >= 11 is 0. The average Bonchev–Trinajstić information content (AvgIpc) is 2.10. The maximum atomic E-state index is 3.01. The number of hydrogen-bond donors (Lipinski definition) is 0. The molecule has 0 aromatic heterocycles. The molecule has 1 aromatic carbocycles. The van der Waals surface area contributed by atoms with Crippen LogP contribution in [-0.4, -0.2) is 0 Å². The van der Waals surface area contributed by atoms with E-state index in [1.807, 2.05) is 32.0 Å². The predicted octanol–water partition coefficient (Wildman–Crippen LogP) is 3.07. The quantitative estimate of drug-likeness (QED) is 0.643. The Bertz CT molecular complexity index is 146. The monoisotopic (exact) mass is 224 g/mol. The fraction of sp³-hybridized carbons (Fsp3) is 0.400. The molecule has 0 spiro atoms. The van der Waals surface area contributed by atoms with Gasteiger partial charge in [0.05, 0.1) is 0 Å². The van der Waals surface area contributed by atoms with Crippen LogP contribution in [0.25, 0.3) is 0 Å². The van der Waals surface area contributed by atoms with Crippen molar-refractivity contribution < 1.29 is 32.7 Å². The molecule has 0 N–H and O–H groups in total. The molecular weight excluding hydrogens is 209 g/mol. The van der Waals surface area contributed by atoms with Crippen LogP contribution in [0.15, 0.2) is 24.3 Å². The zero-order chi connectivity index (χ0) is 7.82. The summed E-state index contributed by atoms with van der Waals surface area (Å²) in [5.74, 6) is 0. The van der Waals surface area contributed by atoms with E-state index in [1.54, 1.807) is 0 Å². The van der Waals surface area contributed by atoms with Gasteiger partial charge in [0, 0.05) is 32.7 Å². The number of rotatable bonds is 1. The van der Waals surface area contributed by atoms with Crippen LogP contribution in [-0.2, 0) is 39.1 Å². The Hall–Kier alpha value is 0.324. The van der Waals surface area contributed by atoms with Crippen LogP contribution in [0.1, 0.15) is 26.3 Å². The van der Waals surface area contributed by atoms with E-state index in [0.29, 0.717) is 0 Å². The molecule has 11 heavy (non-hydrogen) atoms. The van der Waals surface area contributed by atoms with Crippen molar-refractivity contribution in [3.8, 4) is 0 Å². The molecule has 59 valence electrons. The molecule has 0 unspecified atom stereocenters. The Balaban J connectivity index is 0. The largest absolute Gasteiger partial charge is 0.184 e. The van der Waals surface area contributed by atoms with Gasteiger partial charge in [0.2, 0.25) is 0 Å². The summed E-state index contributed by atoms with van der Waals surface area (Å²) in [6, 6.07) is 11.1. The van der Waals surface area contributed by atoms with E-state index in [-0.39, 0.29) is 32.7 Å². The second-order valence-electron chi connectivity index (χ2n) is 1.77. The molecule has 0 heterocycles. The maximum Gasteiger partial charge on any atom is 0 e. The molecule has 0 fully saturated rings. The van der Waals surface area contributed by atoms with Gasteiger partial charge in [-0.1, -0.05) is 27.2 Å². The maximum absolute atomic E-state index is 3.01. The molecule has 0 atom stereocenters. The molecule has 0 saturated heterocycles. The van der Waals surface area contributed by atoms with Crippen molar-refractivity contribution in [1.29, 1.82) is 0 Å². The molecule has 0 aliphatic carbocycles. The first-order valence-electron chi connectivity index (χ1n) is 3.88. The Morgan fingerprint density at radius 3 is 2.27 bits per heavy atom. The summed E-state index contributed by atoms with van der Waals surface area (Å²) in [6.45, 7) is 6.14. The van der Waals surface area contributed by atoms with Crippen LogP contribution < -0.4 is 0 Å². The van der Waals surface area contributed by atoms with Crippen molar-refractivity contribution >= 4 is 0 Å². The normalized spacial score (nSPS) is 7.18. The van der Waals surface area contributed by atoms with E-state index in [9.17, 15) is 0 Å². The SMILES string of the molecule is CC.CCc1c[c-]ccc1.[Y]. The van der Waals surface area contributed by atoms with Crippen LogP contribution in [0, 0.1) is 6.07 Å². The summed E-state index contributed by atoms with van der Waals surface area (Å²) in [7, 11) is 0. The van der Waals surface area contributed by atoms with Crippen LogP contribution in [0.4, 0.5) is 0 Å². The first kappa shape index (κ1) is 13.9. The molecule has 0 aliphatic heterocycles. The second kappa shape index (κ2) is 10.3. The van der Waals surface area contributed by atoms with Gasteiger partial charge >= 0.3 is 0 Å². The molecule has 1 heteroatoms. The molecule has 0 saturated carbocycles. The molecule has 0 aliphatic rings. The van der Waals surface area contributed by atoms with Crippen molar-refractivity contribution in [2.75, 3.05) is 0 Å². The van der Waals surface area contributed by atoms with Gasteiger partial charge in [-0.2, -0.15) is 35.9 Å². The van der Waals surface area contributed by atoms with Crippen molar-refractivity contribution in [2.24, 2.45) is 0 Å². The molecule has 1 rings (SSSR count). The Morgan fingerprint density at radius 1 is 1.36 bits per heavy atom. The van der Waals surface area contributed by atoms with E-state index in [4.69, 9.17) is 0 Å². The van der Waals surface area contributed by atoms with Gasteiger partial charge < -0.3 is 0 Å². The standard InChI is InChI=1S/C8H9.C2H6.Y/c1-2-8-6-4-3-5-7-8;1-2;/h3-4,6-7H,2H2,1H3;1-2H3;/q-1;;. The van der Waals surface area contributed by atoms with Crippen molar-refractivity contribution in [3.05, 3.63) is 35.9 Å². The molecule has 0 amide bonds. The third kappa shape index (κ3) is 6.71. The topological polar surface area (TPSA) is 0 Å². The van der Waals surface area contributed by atoms with Gasteiger partial charge in [0.1, 0.15) is 0 Å². The smallest absolute Gasteiger partial charge is 0 e. The van der Waals surface area contributed by atoms with E-state index in [1.165, 1.54) is 5.56 Å². The third-order valence-electron chi connectivity index (χ3n) is 1.18. The van der Waals surface area contributed by atoms with Gasteiger partial charge in [-0.25, -0.2) is 0 Å². The Labute approximate surface area is 95.3 Å². The first-order chi connectivity index (χ1) is 4.93. The molecule has 0 bridgehead atoms. The molecular formula is C10H15Y-. The fourth-order valence-electron chi connectivity index (χ4n) is 0.650. The summed E-state index contributed by atoms with van der Waals surface area (Å²) in [5, 5.41) is 0. The minimum absolute atomic E-state index is 0. The summed E-state index contributed by atoms with van der Waals surface area (Å²) in [5.41, 5.74) is 1.35. The predicted molar refractivity (Wildman–Crippen MR) is 46.0 cm³/mol. The van der Waals surface area contributed by atoms with Gasteiger partial charge in [-0.15, -0.1) is 0 Å². The molecule has 1 radical (unpaired) electrons. The molecule has 1 aromatic rings. The van der Waals surface area contributed by atoms with Crippen LogP contribution >= 0.6 is 0 Å². The van der Waals surface area contributed by atoms with Gasteiger partial charge in [0.15, 0.2) is 0 Å². The zero-order valence-corrected chi connectivity index (χ0v) is 10.4. The van der Waals surface area contributed by atoms with Crippen LogP contribution in [0.5, 0.6) is 0 Å². The van der Waals surface area contributed by atoms with Crippen LogP contribution in [0.2, 0.25) is 0 Å². The van der Waals surface area contributed by atoms with E-state index < -0.39 is 0 Å². The van der Waals surface area contributed by atoms with E-state index in [2.05, 4.69) is 19.1 Å². The summed E-state index contributed by atoms with van der Waals surface area (Å²) in [6.07, 6.45) is 1.11. The molecule has 0 nitrogen and oxygen atoms in total. The third-order valence-corrected chi connectivity index (χ3v) is 1.18. The summed E-state index contributed by atoms with van der Waals surface area (Å²) < 4.78 is 0. The number of benzene rings is 1. The average molecular weight is 224 g/mol. The minimum Gasteiger partial charge on any atom is -0.184 e. The second-order valence-corrected chi connectivity index (χ2v) is 1.77. The summed E-state index contributed by atoms with van der Waals surface area (Å²) in [4.78, 5) is 0. The fourth-order valence-corrected chi connectivity index (χ4v) is 0.650. The number of hydrogen-bond acceptors (Lipinski definition) is 0. The van der Waals surface area contributed by atoms with Crippen molar-refractivity contribution in [3.63, 3.8) is 0 Å². The van der Waals surface area contributed by atoms with Gasteiger partial charge in [0.25, 0.3) is 0 Å². The number of aryl methyl sites for hydroxylation is 1. The Kier molecular flexibility index (Phi) is 13.0. The van der Waals surface area contributed by atoms with Gasteiger partial charge in [-0.3, -0.25) is 0 Å². The minimum atomic E-state index is 0. The first-order valence-corrected chi connectivity index (χ1v) is 3.88.